The average molecular weight is 339 g/mol. The normalized spacial score (nSPS) is 16.3. The molecular formula is C21H25NO3. The van der Waals surface area contributed by atoms with Gasteiger partial charge in [-0.1, -0.05) is 18.2 Å². The van der Waals surface area contributed by atoms with E-state index in [1.54, 1.807) is 21.1 Å². The number of methoxy groups -OCH3 is 2. The number of Topliss-reactive ketones (excluding diaryl/α,β-unsaturated/α-hetero) is 1. The Hall–Kier alpha value is -2.49. The Labute approximate surface area is 149 Å². The van der Waals surface area contributed by atoms with Gasteiger partial charge in [-0.2, -0.15) is 0 Å². The number of ketones is 1. The van der Waals surface area contributed by atoms with Gasteiger partial charge in [-0.05, 0) is 55.2 Å². The van der Waals surface area contributed by atoms with Crippen molar-refractivity contribution in [3.63, 3.8) is 0 Å². The van der Waals surface area contributed by atoms with Gasteiger partial charge in [0.25, 0.3) is 0 Å². The second-order valence-corrected chi connectivity index (χ2v) is 6.44. The van der Waals surface area contributed by atoms with Gasteiger partial charge >= 0.3 is 0 Å². The Bertz CT molecular complexity index is 742. The van der Waals surface area contributed by atoms with Gasteiger partial charge in [-0.15, -0.1) is 0 Å². The van der Waals surface area contributed by atoms with Gasteiger partial charge in [0.15, 0.2) is 11.5 Å². The highest BCUT2D eigenvalue weighted by Crippen LogP contribution is 2.41. The van der Waals surface area contributed by atoms with Gasteiger partial charge in [-0.3, -0.25) is 0 Å². The zero-order valence-electron chi connectivity index (χ0n) is 15.1. The van der Waals surface area contributed by atoms with Crippen LogP contribution >= 0.6 is 0 Å². The Morgan fingerprint density at radius 2 is 1.80 bits per heavy atom. The number of para-hydroxylation sites is 1. The van der Waals surface area contributed by atoms with Gasteiger partial charge in [0, 0.05) is 18.7 Å². The van der Waals surface area contributed by atoms with E-state index in [1.165, 1.54) is 16.8 Å². The maximum atomic E-state index is 11.6. The van der Waals surface area contributed by atoms with Crippen molar-refractivity contribution < 1.29 is 14.3 Å². The minimum absolute atomic E-state index is 0.162. The quantitative estimate of drug-likeness (QED) is 0.791. The second-order valence-electron chi connectivity index (χ2n) is 6.44. The van der Waals surface area contributed by atoms with E-state index >= 15 is 0 Å². The molecule has 0 N–H and O–H groups in total. The minimum Gasteiger partial charge on any atom is -0.493 e. The van der Waals surface area contributed by atoms with Crippen LogP contribution in [-0.4, -0.2) is 26.5 Å². The smallest absolute Gasteiger partial charge is 0.161 e. The summed E-state index contributed by atoms with van der Waals surface area (Å²) in [5.41, 5.74) is 3.70. The van der Waals surface area contributed by atoms with Crippen LogP contribution in [0.3, 0.4) is 0 Å². The molecule has 0 radical (unpaired) electrons. The molecule has 0 aliphatic carbocycles. The first-order valence-corrected chi connectivity index (χ1v) is 8.70. The number of fused-ring (bicyclic) bond motifs is 1. The molecule has 0 fully saturated rings. The van der Waals surface area contributed by atoms with E-state index in [0.717, 1.165) is 30.9 Å². The molecule has 2 aromatic carbocycles. The molecule has 25 heavy (non-hydrogen) atoms. The minimum atomic E-state index is 0.162. The number of hydrogen-bond donors (Lipinski definition) is 0. The summed E-state index contributed by atoms with van der Waals surface area (Å²) in [5, 5.41) is 0. The van der Waals surface area contributed by atoms with Crippen molar-refractivity contribution in [1.82, 2.24) is 0 Å². The highest BCUT2D eigenvalue weighted by atomic mass is 16.5. The fourth-order valence-corrected chi connectivity index (χ4v) is 3.61. The molecule has 1 heterocycles. The number of benzene rings is 2. The number of carbonyl (C=O) groups is 1. The van der Waals surface area contributed by atoms with Crippen molar-refractivity contribution in [3.05, 3.63) is 53.6 Å². The fraction of sp³-hybridized carbons (Fsp3) is 0.381. The Morgan fingerprint density at radius 3 is 2.44 bits per heavy atom. The van der Waals surface area contributed by atoms with Crippen LogP contribution in [0.25, 0.3) is 0 Å². The summed E-state index contributed by atoms with van der Waals surface area (Å²) in [7, 11) is 3.32. The standard InChI is InChI=1S/C21H25NO3/c1-15(23)9-10-19-18-14-21(25-3)20(24-2)13-16(18)11-12-22(19)17-7-5-4-6-8-17/h4-8,13-14,19H,9-12H2,1-3H3. The van der Waals surface area contributed by atoms with Gasteiger partial charge in [0.2, 0.25) is 0 Å². The van der Waals surface area contributed by atoms with Crippen molar-refractivity contribution >= 4 is 11.5 Å². The van der Waals surface area contributed by atoms with Crippen LogP contribution in [0.4, 0.5) is 5.69 Å². The molecule has 3 rings (SSSR count). The highest BCUT2D eigenvalue weighted by molar-refractivity contribution is 5.75. The van der Waals surface area contributed by atoms with Crippen LogP contribution in [0.5, 0.6) is 11.5 Å². The summed E-state index contributed by atoms with van der Waals surface area (Å²) in [6, 6.07) is 14.7. The van der Waals surface area contributed by atoms with Crippen molar-refractivity contribution in [2.24, 2.45) is 0 Å². The molecule has 2 aromatic rings. The molecule has 0 spiro atoms. The highest BCUT2D eigenvalue weighted by Gasteiger charge is 2.29. The molecule has 0 saturated carbocycles. The van der Waals surface area contributed by atoms with Crippen molar-refractivity contribution in [1.29, 1.82) is 0 Å². The third kappa shape index (κ3) is 3.63. The van der Waals surface area contributed by atoms with E-state index in [9.17, 15) is 4.79 Å². The Balaban J connectivity index is 2.03. The molecule has 0 bridgehead atoms. The lowest BCUT2D eigenvalue weighted by Crippen LogP contribution is -2.35. The number of nitrogens with zero attached hydrogens (tertiary/aromatic N) is 1. The average Bonchev–Trinajstić information content (AvgIpc) is 2.65. The number of carbonyl (C=O) groups excluding carboxylic acids is 1. The summed E-state index contributed by atoms with van der Waals surface area (Å²) in [6.07, 6.45) is 2.32. The van der Waals surface area contributed by atoms with Crippen molar-refractivity contribution in [2.45, 2.75) is 32.2 Å². The molecule has 1 unspecified atom stereocenters. The third-order valence-electron chi connectivity index (χ3n) is 4.86. The molecule has 1 atom stereocenters. The summed E-state index contributed by atoms with van der Waals surface area (Å²) >= 11 is 0. The van der Waals surface area contributed by atoms with Crippen molar-refractivity contribution in [2.75, 3.05) is 25.7 Å². The largest absolute Gasteiger partial charge is 0.493 e. The molecule has 0 saturated heterocycles. The van der Waals surface area contributed by atoms with E-state index in [2.05, 4.69) is 41.3 Å². The number of rotatable bonds is 6. The van der Waals surface area contributed by atoms with E-state index in [1.807, 2.05) is 6.07 Å². The summed E-state index contributed by atoms with van der Waals surface area (Å²) < 4.78 is 11.0. The van der Waals surface area contributed by atoms with Crippen LogP contribution < -0.4 is 14.4 Å². The summed E-state index contributed by atoms with van der Waals surface area (Å²) in [6.45, 7) is 2.58. The molecule has 0 aromatic heterocycles. The lowest BCUT2D eigenvalue weighted by molar-refractivity contribution is -0.117. The van der Waals surface area contributed by atoms with Crippen LogP contribution in [0, 0.1) is 0 Å². The molecule has 4 nitrogen and oxygen atoms in total. The second kappa shape index (κ2) is 7.60. The lowest BCUT2D eigenvalue weighted by Gasteiger charge is -2.39. The van der Waals surface area contributed by atoms with Crippen LogP contribution in [0.2, 0.25) is 0 Å². The fourth-order valence-electron chi connectivity index (χ4n) is 3.61. The predicted molar refractivity (Wildman–Crippen MR) is 99.7 cm³/mol. The van der Waals surface area contributed by atoms with Gasteiger partial charge in [-0.25, -0.2) is 0 Å². The molecule has 1 aliphatic heterocycles. The first-order valence-electron chi connectivity index (χ1n) is 8.70. The Morgan fingerprint density at radius 1 is 1.12 bits per heavy atom. The predicted octanol–water partition coefficient (Wildman–Crippen LogP) is 4.18. The first kappa shape index (κ1) is 17.3. The molecule has 132 valence electrons. The Kier molecular flexibility index (Phi) is 5.27. The summed E-state index contributed by atoms with van der Waals surface area (Å²) in [5.74, 6) is 1.73. The zero-order chi connectivity index (χ0) is 17.8. The van der Waals surface area contributed by atoms with E-state index in [-0.39, 0.29) is 11.8 Å². The van der Waals surface area contributed by atoms with E-state index in [0.29, 0.717) is 6.42 Å². The van der Waals surface area contributed by atoms with Crippen molar-refractivity contribution in [3.8, 4) is 11.5 Å². The zero-order valence-corrected chi connectivity index (χ0v) is 15.1. The van der Waals surface area contributed by atoms with E-state index in [4.69, 9.17) is 9.47 Å². The van der Waals surface area contributed by atoms with Crippen LogP contribution in [-0.2, 0) is 11.2 Å². The molecule has 0 amide bonds. The van der Waals surface area contributed by atoms with E-state index < -0.39 is 0 Å². The molecule has 4 heteroatoms. The number of ether oxygens (including phenoxy) is 2. The number of anilines is 1. The SMILES string of the molecule is COc1cc2c(cc1OC)C(CCC(C)=O)N(c1ccccc1)CC2. The van der Waals surface area contributed by atoms with Crippen LogP contribution in [0.15, 0.2) is 42.5 Å². The first-order chi connectivity index (χ1) is 12.1. The molecular weight excluding hydrogens is 314 g/mol. The monoisotopic (exact) mass is 339 g/mol. The van der Waals surface area contributed by atoms with Crippen LogP contribution in [0.1, 0.15) is 36.9 Å². The maximum Gasteiger partial charge on any atom is 0.161 e. The topological polar surface area (TPSA) is 38.8 Å². The maximum absolute atomic E-state index is 11.6. The number of hydrogen-bond acceptors (Lipinski definition) is 4. The summed E-state index contributed by atoms with van der Waals surface area (Å²) in [4.78, 5) is 14.0. The lowest BCUT2D eigenvalue weighted by atomic mass is 9.88. The third-order valence-corrected chi connectivity index (χ3v) is 4.86. The van der Waals surface area contributed by atoms with Gasteiger partial charge in [0.1, 0.15) is 5.78 Å². The molecule has 1 aliphatic rings. The van der Waals surface area contributed by atoms with Gasteiger partial charge in [0.05, 0.1) is 20.3 Å². The van der Waals surface area contributed by atoms with Gasteiger partial charge < -0.3 is 19.2 Å².